The highest BCUT2D eigenvalue weighted by Crippen LogP contribution is 2.33. The average molecular weight is 239 g/mol. The first-order valence-corrected chi connectivity index (χ1v) is 7.80. The van der Waals surface area contributed by atoms with Crippen molar-refractivity contribution < 1.29 is 0 Å². The van der Waals surface area contributed by atoms with Gasteiger partial charge in [0.15, 0.2) is 0 Å². The maximum absolute atomic E-state index is 3.69. The number of nitrogens with one attached hydrogen (secondary N) is 1. The first-order chi connectivity index (χ1) is 8.09. The normalized spacial score (nSPS) is 20.1. The molecule has 1 aliphatic carbocycles. The smallest absolute Gasteiger partial charge is 0.00177 e. The van der Waals surface area contributed by atoms with Crippen LogP contribution in [0.3, 0.4) is 0 Å². The quantitative estimate of drug-likeness (QED) is 0.691. The van der Waals surface area contributed by atoms with Gasteiger partial charge in [-0.2, -0.15) is 0 Å². The minimum Gasteiger partial charge on any atom is -0.316 e. The third-order valence-electron chi connectivity index (χ3n) is 4.05. The van der Waals surface area contributed by atoms with Crippen LogP contribution in [0.4, 0.5) is 0 Å². The molecule has 1 fully saturated rings. The molecule has 1 rings (SSSR count). The zero-order chi connectivity index (χ0) is 12.7. The Bertz CT molecular complexity index is 180. The summed E-state index contributed by atoms with van der Waals surface area (Å²) in [5.74, 6) is 3.56. The van der Waals surface area contributed by atoms with E-state index in [2.05, 4.69) is 33.0 Å². The fraction of sp³-hybridized carbons (Fsp3) is 1.00. The molecule has 0 aromatic heterocycles. The predicted molar refractivity (Wildman–Crippen MR) is 77.2 cm³/mol. The summed E-state index contributed by atoms with van der Waals surface area (Å²) in [7, 11) is 0. The molecule has 1 atom stereocenters. The summed E-state index contributed by atoms with van der Waals surface area (Å²) >= 11 is 0. The molecular formula is C16H33N. The number of hydrogen-bond acceptors (Lipinski definition) is 1. The molecule has 0 saturated heterocycles. The van der Waals surface area contributed by atoms with E-state index in [9.17, 15) is 0 Å². The Balaban J connectivity index is 2.35. The number of hydrogen-bond donors (Lipinski definition) is 1. The van der Waals surface area contributed by atoms with Crippen LogP contribution in [0.25, 0.3) is 0 Å². The molecule has 17 heavy (non-hydrogen) atoms. The van der Waals surface area contributed by atoms with Crippen LogP contribution in [-0.4, -0.2) is 13.1 Å². The van der Waals surface area contributed by atoms with Gasteiger partial charge in [0.05, 0.1) is 0 Å². The molecule has 0 aromatic rings. The van der Waals surface area contributed by atoms with Crippen LogP contribution in [0.2, 0.25) is 0 Å². The van der Waals surface area contributed by atoms with Crippen molar-refractivity contribution >= 4 is 0 Å². The molecule has 0 aliphatic heterocycles. The number of rotatable bonds is 7. The van der Waals surface area contributed by atoms with E-state index in [-0.39, 0.29) is 0 Å². The lowest BCUT2D eigenvalue weighted by molar-refractivity contribution is 0.211. The first kappa shape index (κ1) is 15.0. The van der Waals surface area contributed by atoms with Gasteiger partial charge in [0.25, 0.3) is 0 Å². The molecule has 102 valence electrons. The third kappa shape index (κ3) is 6.45. The van der Waals surface area contributed by atoms with Crippen LogP contribution in [0.1, 0.15) is 66.2 Å². The Hall–Kier alpha value is -0.0400. The van der Waals surface area contributed by atoms with E-state index >= 15 is 0 Å². The van der Waals surface area contributed by atoms with Crippen LogP contribution >= 0.6 is 0 Å². The lowest BCUT2D eigenvalue weighted by atomic mass is 9.76. The van der Waals surface area contributed by atoms with Gasteiger partial charge in [0.1, 0.15) is 0 Å². The van der Waals surface area contributed by atoms with E-state index in [4.69, 9.17) is 0 Å². The van der Waals surface area contributed by atoms with Crippen LogP contribution in [0.15, 0.2) is 0 Å². The van der Waals surface area contributed by atoms with Crippen molar-refractivity contribution in [2.45, 2.75) is 66.2 Å². The molecular weight excluding hydrogens is 206 g/mol. The van der Waals surface area contributed by atoms with Gasteiger partial charge >= 0.3 is 0 Å². The van der Waals surface area contributed by atoms with Crippen molar-refractivity contribution in [2.24, 2.45) is 23.7 Å². The van der Waals surface area contributed by atoms with Gasteiger partial charge in [0.2, 0.25) is 0 Å². The summed E-state index contributed by atoms with van der Waals surface area (Å²) in [4.78, 5) is 0. The Morgan fingerprint density at radius 3 is 2.06 bits per heavy atom. The van der Waals surface area contributed by atoms with Crippen molar-refractivity contribution in [3.8, 4) is 0 Å². The Labute approximate surface area is 109 Å². The molecule has 0 bridgehead atoms. The SMILES string of the molecule is CC(C)CNCC(CC(C)C)C1CCCCC1. The second-order valence-electron chi connectivity index (χ2n) is 6.84. The summed E-state index contributed by atoms with van der Waals surface area (Å²) in [5.41, 5.74) is 0. The average Bonchev–Trinajstić information content (AvgIpc) is 2.28. The first-order valence-electron chi connectivity index (χ1n) is 7.80. The highest BCUT2D eigenvalue weighted by Gasteiger charge is 2.23. The fourth-order valence-corrected chi connectivity index (χ4v) is 3.21. The maximum Gasteiger partial charge on any atom is -0.00177 e. The van der Waals surface area contributed by atoms with Gasteiger partial charge < -0.3 is 5.32 Å². The Morgan fingerprint density at radius 1 is 0.882 bits per heavy atom. The minimum atomic E-state index is 0.779. The molecule has 1 heteroatoms. The summed E-state index contributed by atoms with van der Waals surface area (Å²) in [6, 6.07) is 0. The standard InChI is InChI=1S/C16H33N/c1-13(2)10-16(12-17-11-14(3)4)15-8-6-5-7-9-15/h13-17H,5-12H2,1-4H3. The second-order valence-corrected chi connectivity index (χ2v) is 6.84. The van der Waals surface area contributed by atoms with Crippen molar-refractivity contribution in [1.29, 1.82) is 0 Å². The molecule has 1 saturated carbocycles. The molecule has 0 heterocycles. The van der Waals surface area contributed by atoms with E-state index in [1.807, 2.05) is 0 Å². The highest BCUT2D eigenvalue weighted by molar-refractivity contribution is 4.77. The van der Waals surface area contributed by atoms with Gasteiger partial charge in [-0.25, -0.2) is 0 Å². The maximum atomic E-state index is 3.69. The van der Waals surface area contributed by atoms with E-state index in [0.717, 1.165) is 23.7 Å². The summed E-state index contributed by atoms with van der Waals surface area (Å²) < 4.78 is 0. The van der Waals surface area contributed by atoms with Gasteiger partial charge in [0, 0.05) is 0 Å². The Morgan fingerprint density at radius 2 is 1.53 bits per heavy atom. The second kappa shape index (κ2) is 8.13. The topological polar surface area (TPSA) is 12.0 Å². The summed E-state index contributed by atoms with van der Waals surface area (Å²) in [5, 5.41) is 3.69. The van der Waals surface area contributed by atoms with E-state index in [1.165, 1.54) is 51.6 Å². The molecule has 1 nitrogen and oxygen atoms in total. The Kier molecular flexibility index (Phi) is 7.18. The molecule has 1 N–H and O–H groups in total. The molecule has 0 aromatic carbocycles. The summed E-state index contributed by atoms with van der Waals surface area (Å²) in [6.45, 7) is 11.8. The van der Waals surface area contributed by atoms with Gasteiger partial charge in [-0.1, -0.05) is 59.8 Å². The highest BCUT2D eigenvalue weighted by atomic mass is 14.9. The van der Waals surface area contributed by atoms with Crippen LogP contribution in [0.5, 0.6) is 0 Å². The lowest BCUT2D eigenvalue weighted by Gasteiger charge is -2.32. The van der Waals surface area contributed by atoms with E-state index < -0.39 is 0 Å². The van der Waals surface area contributed by atoms with Crippen LogP contribution in [-0.2, 0) is 0 Å². The molecule has 0 spiro atoms. The van der Waals surface area contributed by atoms with Gasteiger partial charge in [-0.15, -0.1) is 0 Å². The van der Waals surface area contributed by atoms with Crippen molar-refractivity contribution in [2.75, 3.05) is 13.1 Å². The lowest BCUT2D eigenvalue weighted by Crippen LogP contribution is -2.32. The van der Waals surface area contributed by atoms with E-state index in [0.29, 0.717) is 0 Å². The van der Waals surface area contributed by atoms with E-state index in [1.54, 1.807) is 0 Å². The zero-order valence-corrected chi connectivity index (χ0v) is 12.5. The monoisotopic (exact) mass is 239 g/mol. The van der Waals surface area contributed by atoms with Crippen LogP contribution in [0, 0.1) is 23.7 Å². The fourth-order valence-electron chi connectivity index (χ4n) is 3.21. The van der Waals surface area contributed by atoms with Crippen LogP contribution < -0.4 is 5.32 Å². The summed E-state index contributed by atoms with van der Waals surface area (Å²) in [6.07, 6.45) is 8.81. The van der Waals surface area contributed by atoms with Gasteiger partial charge in [-0.3, -0.25) is 0 Å². The zero-order valence-electron chi connectivity index (χ0n) is 12.5. The molecule has 0 radical (unpaired) electrons. The van der Waals surface area contributed by atoms with Crippen molar-refractivity contribution in [3.05, 3.63) is 0 Å². The molecule has 0 amide bonds. The van der Waals surface area contributed by atoms with Gasteiger partial charge in [-0.05, 0) is 43.2 Å². The minimum absolute atomic E-state index is 0.779. The third-order valence-corrected chi connectivity index (χ3v) is 4.05. The predicted octanol–water partition coefficient (Wildman–Crippen LogP) is 4.47. The molecule has 1 unspecified atom stereocenters. The molecule has 1 aliphatic rings. The van der Waals surface area contributed by atoms with Crippen molar-refractivity contribution in [3.63, 3.8) is 0 Å². The largest absolute Gasteiger partial charge is 0.316 e. The van der Waals surface area contributed by atoms with Crippen molar-refractivity contribution in [1.82, 2.24) is 5.32 Å².